The van der Waals surface area contributed by atoms with E-state index in [2.05, 4.69) is 0 Å². The molecule has 0 aliphatic heterocycles. The summed E-state index contributed by atoms with van der Waals surface area (Å²) in [7, 11) is 1.46. The fraction of sp³-hybridized carbons (Fsp3) is 0.333. The van der Waals surface area contributed by atoms with E-state index in [1.54, 1.807) is 31.2 Å². The van der Waals surface area contributed by atoms with Crippen LogP contribution in [0.4, 0.5) is 13.2 Å². The van der Waals surface area contributed by atoms with Crippen LogP contribution in [0.25, 0.3) is 0 Å². The second-order valence-electron chi connectivity index (χ2n) is 3.56. The van der Waals surface area contributed by atoms with E-state index >= 15 is 0 Å². The number of halogens is 3. The van der Waals surface area contributed by atoms with Crippen molar-refractivity contribution in [1.29, 1.82) is 0 Å². The van der Waals surface area contributed by atoms with Crippen molar-refractivity contribution in [1.82, 2.24) is 5.32 Å². The van der Waals surface area contributed by atoms with Crippen molar-refractivity contribution in [3.63, 3.8) is 0 Å². The summed E-state index contributed by atoms with van der Waals surface area (Å²) in [6.07, 6.45) is -3.42. The normalized spacial score (nSPS) is 12.9. The molecule has 0 saturated carbocycles. The summed E-state index contributed by atoms with van der Waals surface area (Å²) in [5.41, 5.74) is 0.523. The Balaban J connectivity index is 2.86. The standard InChI is InChI=1S/C12H13F3NO2/c1-3-10(16-11(17)12(13,14)15)8-5-4-6-9(7-8)18-2/h3-7,10H,1-2H3,(H,16,17). The molecule has 0 fully saturated rings. The minimum Gasteiger partial charge on any atom is -0.497 e. The number of hydrogen-bond donors (Lipinski definition) is 1. The van der Waals surface area contributed by atoms with Gasteiger partial charge in [-0.25, -0.2) is 0 Å². The van der Waals surface area contributed by atoms with E-state index in [4.69, 9.17) is 4.74 Å². The molecule has 1 aromatic rings. The summed E-state index contributed by atoms with van der Waals surface area (Å²) >= 11 is 0. The van der Waals surface area contributed by atoms with Gasteiger partial charge in [0.1, 0.15) is 5.75 Å². The molecule has 18 heavy (non-hydrogen) atoms. The molecule has 3 nitrogen and oxygen atoms in total. The van der Waals surface area contributed by atoms with E-state index in [0.717, 1.165) is 0 Å². The van der Waals surface area contributed by atoms with Crippen LogP contribution in [0, 0.1) is 6.42 Å². The van der Waals surface area contributed by atoms with Crippen molar-refractivity contribution < 1.29 is 22.7 Å². The summed E-state index contributed by atoms with van der Waals surface area (Å²) < 4.78 is 41.4. The van der Waals surface area contributed by atoms with Gasteiger partial charge < -0.3 is 10.1 Å². The van der Waals surface area contributed by atoms with E-state index < -0.39 is 18.1 Å². The minimum absolute atomic E-state index is 0.514. The molecule has 0 heterocycles. The van der Waals surface area contributed by atoms with Gasteiger partial charge in [0, 0.05) is 0 Å². The highest BCUT2D eigenvalue weighted by Gasteiger charge is 2.39. The Morgan fingerprint density at radius 2 is 2.11 bits per heavy atom. The van der Waals surface area contributed by atoms with E-state index in [1.807, 2.05) is 5.32 Å². The van der Waals surface area contributed by atoms with Gasteiger partial charge >= 0.3 is 12.1 Å². The Kier molecular flexibility index (Phi) is 4.58. The third kappa shape index (κ3) is 3.65. The van der Waals surface area contributed by atoms with Gasteiger partial charge in [0.25, 0.3) is 0 Å². The molecule has 0 saturated heterocycles. The molecule has 0 aromatic heterocycles. The summed E-state index contributed by atoms with van der Waals surface area (Å²) in [5.74, 6) is -1.45. The van der Waals surface area contributed by atoms with Gasteiger partial charge in [-0.05, 0) is 24.1 Å². The van der Waals surface area contributed by atoms with Crippen molar-refractivity contribution in [2.75, 3.05) is 7.11 Å². The van der Waals surface area contributed by atoms with Crippen LogP contribution in [0.2, 0.25) is 0 Å². The third-order valence-electron chi connectivity index (χ3n) is 2.33. The van der Waals surface area contributed by atoms with E-state index in [0.29, 0.717) is 11.3 Å². The summed E-state index contributed by atoms with van der Waals surface area (Å²) in [4.78, 5) is 10.9. The van der Waals surface area contributed by atoms with Crippen LogP contribution >= 0.6 is 0 Å². The van der Waals surface area contributed by atoms with Gasteiger partial charge in [-0.15, -0.1) is 0 Å². The second-order valence-corrected chi connectivity index (χ2v) is 3.56. The predicted octanol–water partition coefficient (Wildman–Crippen LogP) is 2.64. The molecule has 1 radical (unpaired) electrons. The smallest absolute Gasteiger partial charge is 0.471 e. The quantitative estimate of drug-likeness (QED) is 0.903. The number of ether oxygens (including phenoxy) is 1. The number of alkyl halides is 3. The van der Waals surface area contributed by atoms with Crippen molar-refractivity contribution in [3.05, 3.63) is 36.2 Å². The van der Waals surface area contributed by atoms with Gasteiger partial charge in [0.2, 0.25) is 0 Å². The van der Waals surface area contributed by atoms with Gasteiger partial charge in [0.15, 0.2) is 0 Å². The van der Waals surface area contributed by atoms with Gasteiger partial charge in [-0.1, -0.05) is 19.1 Å². The van der Waals surface area contributed by atoms with Crippen molar-refractivity contribution >= 4 is 5.91 Å². The molecule has 99 valence electrons. The molecule has 6 heteroatoms. The molecular weight excluding hydrogens is 247 g/mol. The number of carbonyl (C=O) groups excluding carboxylic acids is 1. The molecular formula is C12H13F3NO2. The number of carbonyl (C=O) groups is 1. The summed E-state index contributed by atoms with van der Waals surface area (Å²) in [6.45, 7) is 1.57. The van der Waals surface area contributed by atoms with Crippen LogP contribution in [-0.4, -0.2) is 19.2 Å². The van der Waals surface area contributed by atoms with Gasteiger partial charge in [-0.2, -0.15) is 13.2 Å². The first-order valence-corrected chi connectivity index (χ1v) is 5.19. The van der Waals surface area contributed by atoms with E-state index in [9.17, 15) is 18.0 Å². The first-order valence-electron chi connectivity index (χ1n) is 5.19. The first-order chi connectivity index (χ1) is 8.38. The number of nitrogens with one attached hydrogen (secondary N) is 1. The zero-order valence-corrected chi connectivity index (χ0v) is 9.91. The maximum absolute atomic E-state index is 12.2. The van der Waals surface area contributed by atoms with Crippen LogP contribution in [0.1, 0.15) is 18.5 Å². The van der Waals surface area contributed by atoms with Crippen LogP contribution < -0.4 is 10.1 Å². The highest BCUT2D eigenvalue weighted by atomic mass is 19.4. The van der Waals surface area contributed by atoms with Crippen LogP contribution in [0.3, 0.4) is 0 Å². The highest BCUT2D eigenvalue weighted by molar-refractivity contribution is 5.82. The number of amides is 1. The fourth-order valence-electron chi connectivity index (χ4n) is 1.42. The lowest BCUT2D eigenvalue weighted by Gasteiger charge is -2.18. The Labute approximate surface area is 103 Å². The molecule has 1 amide bonds. The van der Waals surface area contributed by atoms with Gasteiger partial charge in [0.05, 0.1) is 13.2 Å². The topological polar surface area (TPSA) is 38.3 Å². The summed E-state index contributed by atoms with van der Waals surface area (Å²) in [5, 5.41) is 1.90. The number of rotatable bonds is 4. The Morgan fingerprint density at radius 1 is 1.44 bits per heavy atom. The molecule has 1 N–H and O–H groups in total. The highest BCUT2D eigenvalue weighted by Crippen LogP contribution is 2.23. The zero-order valence-electron chi connectivity index (χ0n) is 9.91. The van der Waals surface area contributed by atoms with Crippen LogP contribution in [0.15, 0.2) is 24.3 Å². The number of methoxy groups -OCH3 is 1. The van der Waals surface area contributed by atoms with E-state index in [-0.39, 0.29) is 0 Å². The Hall–Kier alpha value is -1.72. The number of hydrogen-bond acceptors (Lipinski definition) is 2. The van der Waals surface area contributed by atoms with Crippen molar-refractivity contribution in [2.24, 2.45) is 0 Å². The van der Waals surface area contributed by atoms with Crippen molar-refractivity contribution in [2.45, 2.75) is 19.1 Å². The molecule has 1 aromatic carbocycles. The minimum atomic E-state index is -4.89. The molecule has 1 atom stereocenters. The maximum Gasteiger partial charge on any atom is 0.471 e. The average Bonchev–Trinajstić information content (AvgIpc) is 2.34. The molecule has 0 aliphatic rings. The number of benzene rings is 1. The summed E-state index contributed by atoms with van der Waals surface area (Å²) in [6, 6.07) is 5.69. The lowest BCUT2D eigenvalue weighted by Crippen LogP contribution is -2.39. The lowest BCUT2D eigenvalue weighted by molar-refractivity contribution is -0.174. The monoisotopic (exact) mass is 260 g/mol. The van der Waals surface area contributed by atoms with E-state index in [1.165, 1.54) is 13.5 Å². The second kappa shape index (κ2) is 5.75. The molecule has 0 aliphatic carbocycles. The molecule has 1 rings (SSSR count). The zero-order chi connectivity index (χ0) is 13.8. The molecule has 1 unspecified atom stereocenters. The largest absolute Gasteiger partial charge is 0.497 e. The SMILES string of the molecule is C[CH]C(NC(=O)C(F)(F)F)c1cccc(OC)c1. The third-order valence-corrected chi connectivity index (χ3v) is 2.33. The molecule has 0 bridgehead atoms. The first kappa shape index (κ1) is 14.3. The fourth-order valence-corrected chi connectivity index (χ4v) is 1.42. The van der Waals surface area contributed by atoms with Crippen molar-refractivity contribution in [3.8, 4) is 5.75 Å². The Bertz CT molecular complexity index is 418. The predicted molar refractivity (Wildman–Crippen MR) is 59.9 cm³/mol. The van der Waals surface area contributed by atoms with Crippen LogP contribution in [-0.2, 0) is 4.79 Å². The maximum atomic E-state index is 12.2. The van der Waals surface area contributed by atoms with Gasteiger partial charge in [-0.3, -0.25) is 4.79 Å². The molecule has 0 spiro atoms. The average molecular weight is 260 g/mol. The lowest BCUT2D eigenvalue weighted by atomic mass is 10.0. The Morgan fingerprint density at radius 3 is 2.61 bits per heavy atom. The van der Waals surface area contributed by atoms with Crippen LogP contribution in [0.5, 0.6) is 5.75 Å².